The minimum Gasteiger partial charge on any atom is -0.316 e. The summed E-state index contributed by atoms with van der Waals surface area (Å²) in [5.74, 6) is 0.203. The molecule has 0 radical (unpaired) electrons. The molecule has 0 aromatic carbocycles. The molecule has 1 heterocycles. The Labute approximate surface area is 114 Å². The summed E-state index contributed by atoms with van der Waals surface area (Å²) in [7, 11) is 0. The van der Waals surface area contributed by atoms with E-state index in [1.54, 1.807) is 0 Å². The highest BCUT2D eigenvalue weighted by Gasteiger charge is 2.19. The number of Topliss-reactive ketones (excluding diaryl/α,β-unsaturated/α-hetero) is 1. The largest absolute Gasteiger partial charge is 0.316 e. The molecule has 0 aliphatic carbocycles. The van der Waals surface area contributed by atoms with Crippen LogP contribution in [0.5, 0.6) is 0 Å². The summed E-state index contributed by atoms with van der Waals surface area (Å²) in [6.45, 7) is 10.2. The third-order valence-corrected chi connectivity index (χ3v) is 3.54. The van der Waals surface area contributed by atoms with E-state index in [0.29, 0.717) is 18.0 Å². The van der Waals surface area contributed by atoms with Crippen molar-refractivity contribution in [3.8, 4) is 0 Å². The molecule has 1 atom stereocenters. The predicted molar refractivity (Wildman–Crippen MR) is 74.1 cm³/mol. The van der Waals surface area contributed by atoms with Gasteiger partial charge < -0.3 is 5.32 Å². The van der Waals surface area contributed by atoms with E-state index in [4.69, 9.17) is 11.6 Å². The number of carbonyl (C=O) groups is 1. The second-order valence-electron chi connectivity index (χ2n) is 4.51. The van der Waals surface area contributed by atoms with Crippen LogP contribution in [0.4, 0.5) is 0 Å². The first kappa shape index (κ1) is 15.2. The fourth-order valence-corrected chi connectivity index (χ4v) is 2.05. The molecule has 1 N–H and O–H groups in total. The molecule has 1 rings (SSSR count). The number of nitrogens with one attached hydrogen (secondary N) is 1. The van der Waals surface area contributed by atoms with Gasteiger partial charge in [0.05, 0.1) is 22.8 Å². The zero-order valence-electron chi connectivity index (χ0n) is 11.6. The summed E-state index contributed by atoms with van der Waals surface area (Å²) >= 11 is 6.19. The van der Waals surface area contributed by atoms with E-state index in [9.17, 15) is 4.79 Å². The minimum atomic E-state index is 0.00142. The van der Waals surface area contributed by atoms with Crippen LogP contribution in [0.15, 0.2) is 0 Å². The molecule has 1 unspecified atom stereocenters. The quantitative estimate of drug-likeness (QED) is 0.827. The lowest BCUT2D eigenvalue weighted by atomic mass is 10.0. The van der Waals surface area contributed by atoms with Crippen molar-refractivity contribution in [1.82, 2.24) is 15.1 Å². The number of carbonyl (C=O) groups excluding carboxylic acids is 1. The molecule has 1 aromatic heterocycles. The summed E-state index contributed by atoms with van der Waals surface area (Å²) in [4.78, 5) is 12.1. The van der Waals surface area contributed by atoms with Gasteiger partial charge in [0.2, 0.25) is 0 Å². The lowest BCUT2D eigenvalue weighted by molar-refractivity contribution is -0.121. The number of halogens is 1. The van der Waals surface area contributed by atoms with Crippen molar-refractivity contribution in [3.63, 3.8) is 0 Å². The molecule has 0 aliphatic heterocycles. The number of nitrogens with zero attached hydrogens (tertiary/aromatic N) is 2. The van der Waals surface area contributed by atoms with Gasteiger partial charge in [-0.15, -0.1) is 0 Å². The van der Waals surface area contributed by atoms with Gasteiger partial charge in [-0.3, -0.25) is 9.48 Å². The minimum absolute atomic E-state index is 0.00142. The van der Waals surface area contributed by atoms with E-state index in [1.807, 2.05) is 32.4 Å². The van der Waals surface area contributed by atoms with Gasteiger partial charge in [-0.05, 0) is 20.4 Å². The van der Waals surface area contributed by atoms with Crippen LogP contribution in [0.25, 0.3) is 0 Å². The first-order valence-corrected chi connectivity index (χ1v) is 6.84. The first-order chi connectivity index (χ1) is 8.51. The standard InChI is InChI=1S/C13H22ClN3O/c1-5-15-8-9(3)12(18)7-11-13(14)10(4)16-17(11)6-2/h9,15H,5-8H2,1-4H3. The zero-order valence-corrected chi connectivity index (χ0v) is 12.3. The third-order valence-electron chi connectivity index (χ3n) is 3.04. The summed E-state index contributed by atoms with van der Waals surface area (Å²) in [5, 5.41) is 8.13. The Hall–Kier alpha value is -0.870. The fourth-order valence-electron chi connectivity index (χ4n) is 1.85. The maximum atomic E-state index is 12.1. The Morgan fingerprint density at radius 2 is 2.17 bits per heavy atom. The Morgan fingerprint density at radius 1 is 1.50 bits per heavy atom. The summed E-state index contributed by atoms with van der Waals surface area (Å²) < 4.78 is 1.82. The van der Waals surface area contributed by atoms with Crippen LogP contribution in [0.1, 0.15) is 32.2 Å². The summed E-state index contributed by atoms with van der Waals surface area (Å²) in [6.07, 6.45) is 0.361. The van der Waals surface area contributed by atoms with Crippen LogP contribution in [-0.4, -0.2) is 28.7 Å². The molecule has 0 saturated heterocycles. The van der Waals surface area contributed by atoms with Crippen molar-refractivity contribution in [3.05, 3.63) is 16.4 Å². The van der Waals surface area contributed by atoms with Crippen LogP contribution in [0, 0.1) is 12.8 Å². The van der Waals surface area contributed by atoms with E-state index in [2.05, 4.69) is 10.4 Å². The molecule has 0 fully saturated rings. The van der Waals surface area contributed by atoms with Gasteiger partial charge in [-0.1, -0.05) is 25.4 Å². The normalized spacial score (nSPS) is 12.7. The van der Waals surface area contributed by atoms with Crippen LogP contribution < -0.4 is 5.32 Å². The number of hydrogen-bond acceptors (Lipinski definition) is 3. The number of rotatable bonds is 7. The molecule has 1 aromatic rings. The third kappa shape index (κ3) is 3.56. The first-order valence-electron chi connectivity index (χ1n) is 6.46. The second-order valence-corrected chi connectivity index (χ2v) is 4.89. The van der Waals surface area contributed by atoms with Gasteiger partial charge in [-0.25, -0.2) is 0 Å². The van der Waals surface area contributed by atoms with Crippen molar-refractivity contribution in [2.45, 2.75) is 40.7 Å². The molecular weight excluding hydrogens is 250 g/mol. The molecule has 0 aliphatic rings. The topological polar surface area (TPSA) is 46.9 Å². The highest BCUT2D eigenvalue weighted by molar-refractivity contribution is 6.32. The Balaban J connectivity index is 2.75. The van der Waals surface area contributed by atoms with Crippen molar-refractivity contribution in [2.24, 2.45) is 5.92 Å². The van der Waals surface area contributed by atoms with Gasteiger partial charge in [-0.2, -0.15) is 5.10 Å². The molecule has 0 amide bonds. The average molecular weight is 272 g/mol. The number of ketones is 1. The van der Waals surface area contributed by atoms with Crippen LogP contribution in [0.3, 0.4) is 0 Å². The van der Waals surface area contributed by atoms with Gasteiger partial charge >= 0.3 is 0 Å². The SMILES string of the molecule is CCNCC(C)C(=O)Cc1c(Cl)c(C)nn1CC. The molecule has 0 bridgehead atoms. The molecule has 5 heteroatoms. The molecule has 18 heavy (non-hydrogen) atoms. The summed E-state index contributed by atoms with van der Waals surface area (Å²) in [5.41, 5.74) is 1.63. The maximum absolute atomic E-state index is 12.1. The number of aryl methyl sites for hydroxylation is 2. The van der Waals surface area contributed by atoms with Crippen molar-refractivity contribution in [1.29, 1.82) is 0 Å². The van der Waals surface area contributed by atoms with Gasteiger partial charge in [0.15, 0.2) is 0 Å². The zero-order chi connectivity index (χ0) is 13.7. The molecule has 102 valence electrons. The van der Waals surface area contributed by atoms with Gasteiger partial charge in [0, 0.05) is 19.0 Å². The Bertz CT molecular complexity index is 415. The predicted octanol–water partition coefficient (Wildman–Crippen LogP) is 2.22. The molecule has 4 nitrogen and oxygen atoms in total. The molecular formula is C13H22ClN3O. The van der Waals surface area contributed by atoms with E-state index in [0.717, 1.165) is 24.5 Å². The maximum Gasteiger partial charge on any atom is 0.142 e. The summed E-state index contributed by atoms with van der Waals surface area (Å²) in [6, 6.07) is 0. The van der Waals surface area contributed by atoms with Crippen molar-refractivity contribution < 1.29 is 4.79 Å². The van der Waals surface area contributed by atoms with Crippen molar-refractivity contribution >= 4 is 17.4 Å². The van der Waals surface area contributed by atoms with Crippen molar-refractivity contribution in [2.75, 3.05) is 13.1 Å². The van der Waals surface area contributed by atoms with E-state index >= 15 is 0 Å². The molecule has 0 saturated carbocycles. The fraction of sp³-hybridized carbons (Fsp3) is 0.692. The lowest BCUT2D eigenvalue weighted by Crippen LogP contribution is -2.27. The van der Waals surface area contributed by atoms with E-state index < -0.39 is 0 Å². The second kappa shape index (κ2) is 6.90. The number of aromatic nitrogens is 2. The lowest BCUT2D eigenvalue weighted by Gasteiger charge is -2.11. The molecule has 0 spiro atoms. The van der Waals surface area contributed by atoms with Gasteiger partial charge in [0.1, 0.15) is 5.78 Å². The number of hydrogen-bond donors (Lipinski definition) is 1. The van der Waals surface area contributed by atoms with E-state index in [1.165, 1.54) is 0 Å². The Kier molecular flexibility index (Phi) is 5.82. The van der Waals surface area contributed by atoms with Crippen LogP contribution in [0.2, 0.25) is 5.02 Å². The van der Waals surface area contributed by atoms with E-state index in [-0.39, 0.29) is 11.7 Å². The monoisotopic (exact) mass is 271 g/mol. The van der Waals surface area contributed by atoms with Crippen LogP contribution in [-0.2, 0) is 17.8 Å². The average Bonchev–Trinajstić information content (AvgIpc) is 2.63. The van der Waals surface area contributed by atoms with Crippen LogP contribution >= 0.6 is 11.6 Å². The smallest absolute Gasteiger partial charge is 0.142 e. The Morgan fingerprint density at radius 3 is 2.72 bits per heavy atom. The van der Waals surface area contributed by atoms with Gasteiger partial charge in [0.25, 0.3) is 0 Å². The highest BCUT2D eigenvalue weighted by Crippen LogP contribution is 2.21. The highest BCUT2D eigenvalue weighted by atomic mass is 35.5.